The molecule has 3 aromatic rings. The first kappa shape index (κ1) is 20.6. The van der Waals surface area contributed by atoms with Crippen LogP contribution >= 0.6 is 11.3 Å². The van der Waals surface area contributed by atoms with Gasteiger partial charge in [0.2, 0.25) is 0 Å². The van der Waals surface area contributed by atoms with Gasteiger partial charge in [0.1, 0.15) is 10.8 Å². The Labute approximate surface area is 182 Å². The molecule has 1 atom stereocenters. The molecular formula is C25H28N2O2S. The zero-order valence-electron chi connectivity index (χ0n) is 17.8. The number of aryl methyl sites for hydroxylation is 1. The number of nitrogens with zero attached hydrogens (tertiary/aromatic N) is 1. The number of rotatable bonds is 6. The van der Waals surface area contributed by atoms with Gasteiger partial charge in [-0.3, -0.25) is 9.69 Å². The van der Waals surface area contributed by atoms with Crippen LogP contribution in [0.2, 0.25) is 0 Å². The maximum Gasteiger partial charge on any atom is 0.256 e. The average Bonchev–Trinajstić information content (AvgIpc) is 3.40. The lowest BCUT2D eigenvalue weighted by molar-refractivity contribution is 0.102. The second-order valence-corrected chi connectivity index (χ2v) is 8.99. The lowest BCUT2D eigenvalue weighted by Crippen LogP contribution is -2.28. The van der Waals surface area contributed by atoms with Gasteiger partial charge in [-0.25, -0.2) is 0 Å². The van der Waals surface area contributed by atoms with Crippen LogP contribution in [-0.4, -0.2) is 31.0 Å². The summed E-state index contributed by atoms with van der Waals surface area (Å²) in [5.41, 5.74) is 4.38. The number of ether oxygens (including phenoxy) is 1. The average molecular weight is 421 g/mol. The second-order valence-electron chi connectivity index (χ2n) is 7.76. The molecule has 1 aliphatic heterocycles. The highest BCUT2D eigenvalue weighted by Crippen LogP contribution is 2.43. The molecule has 0 unspecified atom stereocenters. The van der Waals surface area contributed by atoms with Gasteiger partial charge in [-0.1, -0.05) is 30.3 Å². The molecule has 30 heavy (non-hydrogen) atoms. The van der Waals surface area contributed by atoms with E-state index < -0.39 is 0 Å². The lowest BCUT2D eigenvalue weighted by atomic mass is 9.95. The highest BCUT2D eigenvalue weighted by molar-refractivity contribution is 7.16. The lowest BCUT2D eigenvalue weighted by Gasteiger charge is -2.29. The predicted octanol–water partition coefficient (Wildman–Crippen LogP) is 5.81. The summed E-state index contributed by atoms with van der Waals surface area (Å²) in [5, 5.41) is 4.16. The predicted molar refractivity (Wildman–Crippen MR) is 124 cm³/mol. The van der Waals surface area contributed by atoms with Crippen molar-refractivity contribution in [3.05, 3.63) is 81.7 Å². The Morgan fingerprint density at radius 3 is 2.33 bits per heavy atom. The summed E-state index contributed by atoms with van der Waals surface area (Å²) >= 11 is 1.67. The molecule has 0 aliphatic carbocycles. The Morgan fingerprint density at radius 1 is 1.03 bits per heavy atom. The van der Waals surface area contributed by atoms with Crippen LogP contribution < -0.4 is 10.1 Å². The van der Waals surface area contributed by atoms with Crippen molar-refractivity contribution in [2.45, 2.75) is 32.7 Å². The van der Waals surface area contributed by atoms with E-state index in [0.717, 1.165) is 23.8 Å². The Balaban J connectivity index is 1.75. The Kier molecular flexibility index (Phi) is 6.21. The molecule has 1 fully saturated rings. The van der Waals surface area contributed by atoms with E-state index in [1.54, 1.807) is 18.4 Å². The Hall–Kier alpha value is -2.63. The van der Waals surface area contributed by atoms with Crippen LogP contribution in [-0.2, 0) is 0 Å². The molecule has 0 bridgehead atoms. The summed E-state index contributed by atoms with van der Waals surface area (Å²) in [6.45, 7) is 6.44. The summed E-state index contributed by atoms with van der Waals surface area (Å²) < 4.78 is 5.36. The fourth-order valence-electron chi connectivity index (χ4n) is 4.18. The Bertz CT molecular complexity index is 1010. The van der Waals surface area contributed by atoms with Crippen LogP contribution in [0.1, 0.15) is 50.8 Å². The first-order chi connectivity index (χ1) is 14.6. The SMILES string of the molecule is COc1ccc([C@@H](c2c(NC(=O)c3ccccc3)sc(C)c2C)N2CCCC2)cc1. The number of hydrogen-bond donors (Lipinski definition) is 1. The van der Waals surface area contributed by atoms with E-state index in [4.69, 9.17) is 4.74 Å². The third-order valence-corrected chi connectivity index (χ3v) is 7.04. The minimum atomic E-state index is -0.0620. The topological polar surface area (TPSA) is 41.6 Å². The van der Waals surface area contributed by atoms with Crippen molar-refractivity contribution >= 4 is 22.2 Å². The van der Waals surface area contributed by atoms with Gasteiger partial charge >= 0.3 is 0 Å². The van der Waals surface area contributed by atoms with Gasteiger partial charge in [0, 0.05) is 16.0 Å². The van der Waals surface area contributed by atoms with Crippen molar-refractivity contribution in [3.8, 4) is 5.75 Å². The molecule has 1 saturated heterocycles. The summed E-state index contributed by atoms with van der Waals surface area (Å²) in [6, 6.07) is 17.9. The molecule has 156 valence electrons. The molecule has 1 N–H and O–H groups in total. The second kappa shape index (κ2) is 9.02. The molecular weight excluding hydrogens is 392 g/mol. The quantitative estimate of drug-likeness (QED) is 0.547. The van der Waals surface area contributed by atoms with Crippen molar-refractivity contribution in [3.63, 3.8) is 0 Å². The van der Waals surface area contributed by atoms with Gasteiger partial charge in [0.15, 0.2) is 0 Å². The first-order valence-electron chi connectivity index (χ1n) is 10.4. The monoisotopic (exact) mass is 420 g/mol. The maximum atomic E-state index is 12.9. The van der Waals surface area contributed by atoms with Crippen LogP contribution in [0.5, 0.6) is 5.75 Å². The van der Waals surface area contributed by atoms with E-state index >= 15 is 0 Å². The standard InChI is InChI=1S/C25H28N2O2S/c1-17-18(2)30-25(26-24(28)20-9-5-4-6-10-20)22(17)23(27-15-7-8-16-27)19-11-13-21(29-3)14-12-19/h4-6,9-14,23H,7-8,15-16H2,1-3H3,(H,26,28)/t23-/m0/s1. The summed E-state index contributed by atoms with van der Waals surface area (Å²) in [7, 11) is 1.69. The van der Waals surface area contributed by atoms with Crippen LogP contribution in [0.3, 0.4) is 0 Å². The summed E-state index contributed by atoms with van der Waals surface area (Å²) in [6.07, 6.45) is 2.42. The fourth-order valence-corrected chi connectivity index (χ4v) is 5.27. The minimum Gasteiger partial charge on any atom is -0.497 e. The summed E-state index contributed by atoms with van der Waals surface area (Å²) in [4.78, 5) is 16.7. The largest absolute Gasteiger partial charge is 0.497 e. The molecule has 1 aliphatic rings. The molecule has 1 amide bonds. The van der Waals surface area contributed by atoms with Gasteiger partial charge in [-0.05, 0) is 75.2 Å². The molecule has 0 spiro atoms. The number of nitrogens with one attached hydrogen (secondary N) is 1. The Morgan fingerprint density at radius 2 is 1.70 bits per heavy atom. The molecule has 4 nitrogen and oxygen atoms in total. The van der Waals surface area contributed by atoms with Gasteiger partial charge in [0.05, 0.1) is 13.2 Å². The smallest absolute Gasteiger partial charge is 0.256 e. The third-order valence-electron chi connectivity index (χ3n) is 5.91. The number of benzene rings is 2. The van der Waals surface area contributed by atoms with Gasteiger partial charge in [-0.15, -0.1) is 11.3 Å². The normalized spacial score (nSPS) is 15.2. The minimum absolute atomic E-state index is 0.0620. The van der Waals surface area contributed by atoms with Crippen LogP contribution in [0.25, 0.3) is 0 Å². The fraction of sp³-hybridized carbons (Fsp3) is 0.320. The molecule has 4 rings (SSSR count). The molecule has 2 aromatic carbocycles. The number of methoxy groups -OCH3 is 1. The number of likely N-dealkylation sites (tertiary alicyclic amines) is 1. The molecule has 1 aromatic heterocycles. The molecule has 5 heteroatoms. The van der Waals surface area contributed by atoms with Gasteiger partial charge < -0.3 is 10.1 Å². The number of carbonyl (C=O) groups excluding carboxylic acids is 1. The van der Waals surface area contributed by atoms with Crippen LogP contribution in [0.15, 0.2) is 54.6 Å². The molecule has 0 saturated carbocycles. The van der Waals surface area contributed by atoms with Crippen LogP contribution in [0, 0.1) is 13.8 Å². The van der Waals surface area contributed by atoms with Gasteiger partial charge in [0.25, 0.3) is 5.91 Å². The van der Waals surface area contributed by atoms with Crippen LogP contribution in [0.4, 0.5) is 5.00 Å². The van der Waals surface area contributed by atoms with E-state index in [-0.39, 0.29) is 11.9 Å². The van der Waals surface area contributed by atoms with Crippen molar-refractivity contribution in [2.75, 3.05) is 25.5 Å². The maximum absolute atomic E-state index is 12.9. The number of carbonyl (C=O) groups is 1. The summed E-state index contributed by atoms with van der Waals surface area (Å²) in [5.74, 6) is 0.794. The van der Waals surface area contributed by atoms with Gasteiger partial charge in [-0.2, -0.15) is 0 Å². The molecule has 0 radical (unpaired) electrons. The van der Waals surface area contributed by atoms with E-state index in [9.17, 15) is 4.79 Å². The van der Waals surface area contributed by atoms with E-state index in [1.165, 1.54) is 34.4 Å². The first-order valence-corrected chi connectivity index (χ1v) is 11.2. The number of anilines is 1. The van der Waals surface area contributed by atoms with E-state index in [1.807, 2.05) is 42.5 Å². The van der Waals surface area contributed by atoms with Crippen molar-refractivity contribution in [2.24, 2.45) is 0 Å². The highest BCUT2D eigenvalue weighted by Gasteiger charge is 2.31. The van der Waals surface area contributed by atoms with Crippen molar-refractivity contribution in [1.82, 2.24) is 4.90 Å². The third kappa shape index (κ3) is 4.13. The zero-order chi connectivity index (χ0) is 21.1. The van der Waals surface area contributed by atoms with E-state index in [0.29, 0.717) is 5.56 Å². The zero-order valence-corrected chi connectivity index (χ0v) is 18.6. The van der Waals surface area contributed by atoms with Crippen molar-refractivity contribution in [1.29, 1.82) is 0 Å². The molecule has 2 heterocycles. The van der Waals surface area contributed by atoms with E-state index in [2.05, 4.69) is 36.2 Å². The number of thiophene rings is 1. The number of hydrogen-bond acceptors (Lipinski definition) is 4. The van der Waals surface area contributed by atoms with Crippen molar-refractivity contribution < 1.29 is 9.53 Å². The number of amides is 1. The highest BCUT2D eigenvalue weighted by atomic mass is 32.1.